The first-order chi connectivity index (χ1) is 14.0. The second kappa shape index (κ2) is 12.0. The average Bonchev–Trinajstić information content (AvgIpc) is 2.71. The zero-order chi connectivity index (χ0) is 21.1. The minimum Gasteiger partial charge on any atom is -0.497 e. The molecule has 0 spiro atoms. The molecule has 0 saturated heterocycles. The number of hydrazine groups is 1. The number of carbonyl (C=O) groups excluding carboxylic acids is 2. The van der Waals surface area contributed by atoms with Gasteiger partial charge in [0.15, 0.2) is 0 Å². The van der Waals surface area contributed by atoms with E-state index in [1.54, 1.807) is 49.6 Å². The lowest BCUT2D eigenvalue weighted by atomic mass is 10.3. The van der Waals surface area contributed by atoms with Crippen LogP contribution in [0.15, 0.2) is 42.5 Å². The first-order valence-electron chi connectivity index (χ1n) is 8.90. The maximum atomic E-state index is 11.8. The highest BCUT2D eigenvalue weighted by Crippen LogP contribution is 2.27. The largest absolute Gasteiger partial charge is 0.497 e. The third-order valence-corrected chi connectivity index (χ3v) is 4.23. The maximum absolute atomic E-state index is 11.8. The van der Waals surface area contributed by atoms with Gasteiger partial charge in [0.25, 0.3) is 0 Å². The highest BCUT2D eigenvalue weighted by atomic mass is 35.5. The normalized spacial score (nSPS) is 10.2. The Morgan fingerprint density at radius 1 is 0.862 bits per heavy atom. The summed E-state index contributed by atoms with van der Waals surface area (Å²) < 4.78 is 16.0. The molecule has 2 aromatic carbocycles. The van der Waals surface area contributed by atoms with Gasteiger partial charge in [-0.15, -0.1) is 0 Å². The number of methoxy groups -OCH3 is 1. The molecule has 0 aromatic heterocycles. The van der Waals surface area contributed by atoms with Crippen molar-refractivity contribution in [2.24, 2.45) is 0 Å². The van der Waals surface area contributed by atoms with Gasteiger partial charge in [-0.2, -0.15) is 0 Å². The van der Waals surface area contributed by atoms with Gasteiger partial charge in [-0.1, -0.05) is 23.2 Å². The molecule has 0 radical (unpaired) electrons. The zero-order valence-electron chi connectivity index (χ0n) is 15.9. The van der Waals surface area contributed by atoms with Crippen LogP contribution in [0.5, 0.6) is 17.2 Å². The summed E-state index contributed by atoms with van der Waals surface area (Å²) in [5.74, 6) is 1.18. The maximum Gasteiger partial charge on any atom is 0.241 e. The highest BCUT2D eigenvalue weighted by Gasteiger charge is 2.07. The first kappa shape index (κ1) is 22.6. The van der Waals surface area contributed by atoms with Crippen LogP contribution in [0.1, 0.15) is 19.3 Å². The third-order valence-electron chi connectivity index (χ3n) is 3.70. The number of hydrogen-bond acceptors (Lipinski definition) is 5. The minimum absolute atomic E-state index is 0.102. The van der Waals surface area contributed by atoms with Crippen molar-refractivity contribution < 1.29 is 23.8 Å². The molecule has 0 aliphatic carbocycles. The molecule has 0 heterocycles. The van der Waals surface area contributed by atoms with Crippen molar-refractivity contribution in [3.63, 3.8) is 0 Å². The zero-order valence-corrected chi connectivity index (χ0v) is 17.4. The van der Waals surface area contributed by atoms with Crippen molar-refractivity contribution in [1.82, 2.24) is 10.9 Å². The van der Waals surface area contributed by atoms with Gasteiger partial charge in [0.2, 0.25) is 11.8 Å². The number of hydrogen-bond donors (Lipinski definition) is 2. The van der Waals surface area contributed by atoms with Crippen LogP contribution in [0, 0.1) is 0 Å². The van der Waals surface area contributed by atoms with Gasteiger partial charge in [0.1, 0.15) is 17.2 Å². The van der Waals surface area contributed by atoms with Crippen molar-refractivity contribution in [2.75, 3.05) is 20.3 Å². The summed E-state index contributed by atoms with van der Waals surface area (Å²) in [5, 5.41) is 0.929. The van der Waals surface area contributed by atoms with Gasteiger partial charge in [-0.05, 0) is 48.9 Å². The predicted octanol–water partition coefficient (Wildman–Crippen LogP) is 3.78. The van der Waals surface area contributed by atoms with Crippen LogP contribution in [0.25, 0.3) is 0 Å². The quantitative estimate of drug-likeness (QED) is 0.433. The lowest BCUT2D eigenvalue weighted by Gasteiger charge is -2.10. The molecular formula is C20H22Cl2N2O5. The molecule has 2 aromatic rings. The SMILES string of the molecule is COc1ccc(OCCC(=O)NNC(=O)CCCOc2ccc(Cl)cc2Cl)cc1. The van der Waals surface area contributed by atoms with E-state index in [1.165, 1.54) is 0 Å². The van der Waals surface area contributed by atoms with Gasteiger partial charge in [-0.25, -0.2) is 0 Å². The Labute approximate surface area is 179 Å². The van der Waals surface area contributed by atoms with E-state index in [9.17, 15) is 9.59 Å². The molecule has 2 amide bonds. The third kappa shape index (κ3) is 8.50. The standard InChI is InChI=1S/C20H22Cl2N2O5/c1-27-15-5-7-16(8-6-15)28-12-10-20(26)24-23-19(25)3-2-11-29-18-9-4-14(21)13-17(18)22/h4-9,13H,2-3,10-12H2,1H3,(H,23,25)(H,24,26). The fraction of sp³-hybridized carbons (Fsp3) is 0.300. The van der Waals surface area contributed by atoms with E-state index in [2.05, 4.69) is 10.9 Å². The molecule has 2 N–H and O–H groups in total. The van der Waals surface area contributed by atoms with Crippen molar-refractivity contribution in [3.8, 4) is 17.2 Å². The van der Waals surface area contributed by atoms with E-state index in [0.717, 1.165) is 5.75 Å². The van der Waals surface area contributed by atoms with Crippen molar-refractivity contribution >= 4 is 35.0 Å². The number of ether oxygens (including phenoxy) is 3. The van der Waals surface area contributed by atoms with Crippen molar-refractivity contribution in [2.45, 2.75) is 19.3 Å². The molecule has 0 unspecified atom stereocenters. The summed E-state index contributed by atoms with van der Waals surface area (Å²) in [6.45, 7) is 0.488. The van der Waals surface area contributed by atoms with Gasteiger partial charge < -0.3 is 14.2 Å². The Morgan fingerprint density at radius 3 is 2.17 bits per heavy atom. The summed E-state index contributed by atoms with van der Waals surface area (Å²) in [4.78, 5) is 23.5. The van der Waals surface area contributed by atoms with Gasteiger partial charge in [0, 0.05) is 11.4 Å². The number of amides is 2. The van der Waals surface area contributed by atoms with E-state index < -0.39 is 0 Å². The number of benzene rings is 2. The molecule has 9 heteroatoms. The molecule has 156 valence electrons. The smallest absolute Gasteiger partial charge is 0.241 e. The van der Waals surface area contributed by atoms with Crippen LogP contribution in [0.3, 0.4) is 0 Å². The van der Waals surface area contributed by atoms with Crippen LogP contribution in [0.4, 0.5) is 0 Å². The highest BCUT2D eigenvalue weighted by molar-refractivity contribution is 6.35. The van der Waals surface area contributed by atoms with Crippen molar-refractivity contribution in [1.29, 1.82) is 0 Å². The average molecular weight is 441 g/mol. The van der Waals surface area contributed by atoms with E-state index >= 15 is 0 Å². The van der Waals surface area contributed by atoms with Crippen LogP contribution in [-0.4, -0.2) is 32.1 Å². The van der Waals surface area contributed by atoms with Gasteiger partial charge >= 0.3 is 0 Å². The number of halogens is 2. The molecule has 0 atom stereocenters. The Bertz CT molecular complexity index is 815. The molecular weight excluding hydrogens is 419 g/mol. The molecule has 0 fully saturated rings. The number of rotatable bonds is 10. The van der Waals surface area contributed by atoms with Crippen molar-refractivity contribution in [3.05, 3.63) is 52.5 Å². The minimum atomic E-state index is -0.351. The molecule has 0 bridgehead atoms. The summed E-state index contributed by atoms with van der Waals surface area (Å²) in [6.07, 6.45) is 0.750. The van der Waals surface area contributed by atoms with Crippen LogP contribution in [0.2, 0.25) is 10.0 Å². The summed E-state index contributed by atoms with van der Waals surface area (Å²) in [7, 11) is 1.58. The number of nitrogens with one attached hydrogen (secondary N) is 2. The fourth-order valence-corrected chi connectivity index (χ4v) is 2.67. The molecule has 0 saturated carbocycles. The van der Waals surface area contributed by atoms with E-state index in [0.29, 0.717) is 34.6 Å². The lowest BCUT2D eigenvalue weighted by molar-refractivity contribution is -0.129. The summed E-state index contributed by atoms with van der Waals surface area (Å²) >= 11 is 11.8. The molecule has 29 heavy (non-hydrogen) atoms. The topological polar surface area (TPSA) is 85.9 Å². The lowest BCUT2D eigenvalue weighted by Crippen LogP contribution is -2.42. The summed E-state index contributed by atoms with van der Waals surface area (Å²) in [5.41, 5.74) is 4.70. The fourth-order valence-electron chi connectivity index (χ4n) is 2.21. The Morgan fingerprint density at radius 2 is 1.52 bits per heavy atom. The Hall–Kier alpha value is -2.64. The van der Waals surface area contributed by atoms with E-state index in [1.807, 2.05) is 0 Å². The molecule has 2 rings (SSSR count). The van der Waals surface area contributed by atoms with Crippen LogP contribution in [-0.2, 0) is 9.59 Å². The predicted molar refractivity (Wildman–Crippen MR) is 111 cm³/mol. The Balaban J connectivity index is 1.55. The van der Waals surface area contributed by atoms with E-state index in [4.69, 9.17) is 37.4 Å². The van der Waals surface area contributed by atoms with Crippen LogP contribution < -0.4 is 25.1 Å². The Kier molecular flexibility index (Phi) is 9.40. The van der Waals surface area contributed by atoms with E-state index in [-0.39, 0.29) is 31.3 Å². The second-order valence-electron chi connectivity index (χ2n) is 5.90. The molecule has 0 aliphatic rings. The van der Waals surface area contributed by atoms with Gasteiger partial charge in [0.05, 0.1) is 31.8 Å². The van der Waals surface area contributed by atoms with Gasteiger partial charge in [-0.3, -0.25) is 20.4 Å². The monoisotopic (exact) mass is 440 g/mol. The summed E-state index contributed by atoms with van der Waals surface area (Å²) in [6, 6.07) is 11.9. The molecule has 7 nitrogen and oxygen atoms in total. The molecule has 0 aliphatic heterocycles. The number of carbonyl (C=O) groups is 2. The second-order valence-corrected chi connectivity index (χ2v) is 6.74. The first-order valence-corrected chi connectivity index (χ1v) is 9.66. The van der Waals surface area contributed by atoms with Crippen LogP contribution >= 0.6 is 23.2 Å².